The summed E-state index contributed by atoms with van der Waals surface area (Å²) in [5.74, 6) is 1.09. The third-order valence-corrected chi connectivity index (χ3v) is 4.26. The Labute approximate surface area is 122 Å². The molecule has 0 bridgehead atoms. The lowest BCUT2D eigenvalue weighted by atomic mass is 10.1. The predicted molar refractivity (Wildman–Crippen MR) is 86.1 cm³/mol. The largest absolute Gasteiger partial charge is 0.341 e. The summed E-state index contributed by atoms with van der Waals surface area (Å²) in [4.78, 5) is 10.8. The number of unbranched alkanes of at least 4 members (excludes halogenated alkanes) is 1. The average Bonchev–Trinajstić information content (AvgIpc) is 2.82. The zero-order valence-corrected chi connectivity index (χ0v) is 13.5. The molecular formula is C17H27N3. The Kier molecular flexibility index (Phi) is 4.81. The van der Waals surface area contributed by atoms with Gasteiger partial charge in [0.15, 0.2) is 0 Å². The fraction of sp³-hybridized carbons (Fsp3) is 0.588. The van der Waals surface area contributed by atoms with Crippen molar-refractivity contribution in [1.82, 2.24) is 14.9 Å². The van der Waals surface area contributed by atoms with Gasteiger partial charge in [-0.15, -0.1) is 0 Å². The second-order valence-electron chi connectivity index (χ2n) is 5.73. The fourth-order valence-electron chi connectivity index (χ4n) is 2.65. The first-order valence-corrected chi connectivity index (χ1v) is 7.77. The quantitative estimate of drug-likeness (QED) is 0.848. The van der Waals surface area contributed by atoms with Crippen molar-refractivity contribution in [1.29, 1.82) is 0 Å². The van der Waals surface area contributed by atoms with Gasteiger partial charge in [-0.1, -0.05) is 20.3 Å². The molecule has 0 spiro atoms. The summed E-state index contributed by atoms with van der Waals surface area (Å²) in [5, 5.41) is 0. The van der Waals surface area contributed by atoms with Crippen molar-refractivity contribution in [3.8, 4) is 0 Å². The van der Waals surface area contributed by atoms with Gasteiger partial charge in [0.1, 0.15) is 5.82 Å². The van der Waals surface area contributed by atoms with Gasteiger partial charge >= 0.3 is 0 Å². The summed E-state index contributed by atoms with van der Waals surface area (Å²) in [6, 6.07) is 4.73. The summed E-state index contributed by atoms with van der Waals surface area (Å²) >= 11 is 0. The molecule has 1 N–H and O–H groups in total. The van der Waals surface area contributed by atoms with Gasteiger partial charge < -0.3 is 4.98 Å². The Bertz CT molecular complexity index is 532. The second kappa shape index (κ2) is 6.40. The van der Waals surface area contributed by atoms with Crippen LogP contribution in [0.2, 0.25) is 0 Å². The van der Waals surface area contributed by atoms with Gasteiger partial charge in [-0.3, -0.25) is 4.90 Å². The van der Waals surface area contributed by atoms with Gasteiger partial charge in [0.05, 0.1) is 17.1 Å². The molecular weight excluding hydrogens is 246 g/mol. The van der Waals surface area contributed by atoms with Crippen LogP contribution in [-0.2, 0) is 0 Å². The lowest BCUT2D eigenvalue weighted by molar-refractivity contribution is 0.212. The average molecular weight is 273 g/mol. The minimum atomic E-state index is 0.347. The molecule has 2 rings (SSSR count). The monoisotopic (exact) mass is 273 g/mol. The molecule has 2 aromatic rings. The van der Waals surface area contributed by atoms with E-state index in [1.807, 2.05) is 0 Å². The lowest BCUT2D eigenvalue weighted by Gasteiger charge is -2.26. The van der Waals surface area contributed by atoms with Gasteiger partial charge in [-0.25, -0.2) is 4.98 Å². The maximum atomic E-state index is 4.79. The number of aryl methyl sites for hydroxylation is 2. The second-order valence-corrected chi connectivity index (χ2v) is 5.73. The Morgan fingerprint density at radius 3 is 2.55 bits per heavy atom. The highest BCUT2D eigenvalue weighted by molar-refractivity contribution is 5.77. The molecule has 0 fully saturated rings. The minimum Gasteiger partial charge on any atom is -0.341 e. The number of rotatable bonds is 6. The van der Waals surface area contributed by atoms with Crippen molar-refractivity contribution in [3.05, 3.63) is 29.1 Å². The minimum absolute atomic E-state index is 0.347. The predicted octanol–water partition coefficient (Wildman–Crippen LogP) is 4.36. The van der Waals surface area contributed by atoms with Crippen molar-refractivity contribution in [2.45, 2.75) is 53.5 Å². The summed E-state index contributed by atoms with van der Waals surface area (Å²) < 4.78 is 0. The highest BCUT2D eigenvalue weighted by atomic mass is 15.2. The van der Waals surface area contributed by atoms with E-state index in [1.165, 1.54) is 24.0 Å². The van der Waals surface area contributed by atoms with Crippen LogP contribution in [0.3, 0.4) is 0 Å². The van der Waals surface area contributed by atoms with E-state index in [9.17, 15) is 0 Å². The van der Waals surface area contributed by atoms with E-state index in [0.29, 0.717) is 6.04 Å². The van der Waals surface area contributed by atoms with Gasteiger partial charge in [0.2, 0.25) is 0 Å². The molecule has 0 saturated heterocycles. The molecule has 1 aromatic carbocycles. The smallest absolute Gasteiger partial charge is 0.124 e. The van der Waals surface area contributed by atoms with Crippen LogP contribution in [0.1, 0.15) is 56.6 Å². The fourth-order valence-corrected chi connectivity index (χ4v) is 2.65. The third-order valence-electron chi connectivity index (χ3n) is 4.26. The van der Waals surface area contributed by atoms with Gasteiger partial charge in [-0.2, -0.15) is 0 Å². The number of H-pyrrole nitrogens is 1. The molecule has 1 heterocycles. The number of nitrogens with zero attached hydrogens (tertiary/aromatic N) is 2. The normalized spacial score (nSPS) is 13.3. The van der Waals surface area contributed by atoms with E-state index in [1.54, 1.807) is 0 Å². The molecule has 0 radical (unpaired) electrons. The molecule has 0 aliphatic carbocycles. The van der Waals surface area contributed by atoms with Crippen LogP contribution in [0.4, 0.5) is 0 Å². The van der Waals surface area contributed by atoms with Crippen molar-refractivity contribution >= 4 is 11.0 Å². The Hall–Kier alpha value is -1.35. The molecule has 1 atom stereocenters. The van der Waals surface area contributed by atoms with Crippen LogP contribution in [-0.4, -0.2) is 28.0 Å². The van der Waals surface area contributed by atoms with E-state index in [0.717, 1.165) is 29.9 Å². The number of nitrogens with one attached hydrogen (secondary N) is 1. The molecule has 1 aromatic heterocycles. The van der Waals surface area contributed by atoms with E-state index in [-0.39, 0.29) is 0 Å². The summed E-state index contributed by atoms with van der Waals surface area (Å²) in [6.07, 6.45) is 2.48. The topological polar surface area (TPSA) is 31.9 Å². The standard InChI is InChI=1S/C17H27N3/c1-6-8-9-20(7-2)14(5)17-18-15-10-12(3)13(4)11-16(15)19-17/h10-11,14H,6-9H2,1-5H3,(H,18,19). The first kappa shape index (κ1) is 15.0. The molecule has 0 aliphatic heterocycles. The highest BCUT2D eigenvalue weighted by Gasteiger charge is 2.17. The zero-order chi connectivity index (χ0) is 14.7. The molecule has 0 aliphatic rings. The van der Waals surface area contributed by atoms with Gasteiger partial charge in [0, 0.05) is 0 Å². The molecule has 3 heteroatoms. The first-order chi connectivity index (χ1) is 9.56. The van der Waals surface area contributed by atoms with E-state index >= 15 is 0 Å². The van der Waals surface area contributed by atoms with Crippen molar-refractivity contribution in [2.75, 3.05) is 13.1 Å². The Morgan fingerprint density at radius 1 is 1.20 bits per heavy atom. The zero-order valence-electron chi connectivity index (χ0n) is 13.5. The Morgan fingerprint density at radius 2 is 1.90 bits per heavy atom. The van der Waals surface area contributed by atoms with E-state index in [4.69, 9.17) is 4.98 Å². The van der Waals surface area contributed by atoms with Crippen LogP contribution in [0.5, 0.6) is 0 Å². The molecule has 3 nitrogen and oxygen atoms in total. The highest BCUT2D eigenvalue weighted by Crippen LogP contribution is 2.23. The first-order valence-electron chi connectivity index (χ1n) is 7.77. The number of benzene rings is 1. The van der Waals surface area contributed by atoms with Crippen LogP contribution in [0.15, 0.2) is 12.1 Å². The van der Waals surface area contributed by atoms with Crippen LogP contribution < -0.4 is 0 Å². The van der Waals surface area contributed by atoms with Crippen LogP contribution >= 0.6 is 0 Å². The maximum absolute atomic E-state index is 4.79. The summed E-state index contributed by atoms with van der Waals surface area (Å²) in [5.41, 5.74) is 4.86. The number of aromatic nitrogens is 2. The number of aromatic amines is 1. The summed E-state index contributed by atoms with van der Waals surface area (Å²) in [7, 11) is 0. The van der Waals surface area contributed by atoms with Crippen molar-refractivity contribution in [2.24, 2.45) is 0 Å². The SMILES string of the molecule is CCCCN(CC)C(C)c1nc2cc(C)c(C)cc2[nH]1. The van der Waals surface area contributed by atoms with Crippen LogP contribution in [0.25, 0.3) is 11.0 Å². The molecule has 20 heavy (non-hydrogen) atoms. The summed E-state index contributed by atoms with van der Waals surface area (Å²) in [6.45, 7) is 13.2. The third kappa shape index (κ3) is 3.04. The van der Waals surface area contributed by atoms with Gasteiger partial charge in [-0.05, 0) is 63.5 Å². The Balaban J connectivity index is 2.27. The van der Waals surface area contributed by atoms with E-state index in [2.05, 4.69) is 56.6 Å². The number of hydrogen-bond donors (Lipinski definition) is 1. The van der Waals surface area contributed by atoms with Crippen molar-refractivity contribution < 1.29 is 0 Å². The number of fused-ring (bicyclic) bond motifs is 1. The molecule has 0 saturated carbocycles. The van der Waals surface area contributed by atoms with Crippen LogP contribution in [0, 0.1) is 13.8 Å². The molecule has 110 valence electrons. The number of imidazole rings is 1. The van der Waals surface area contributed by atoms with Crippen molar-refractivity contribution in [3.63, 3.8) is 0 Å². The van der Waals surface area contributed by atoms with Gasteiger partial charge in [0.25, 0.3) is 0 Å². The number of hydrogen-bond acceptors (Lipinski definition) is 2. The molecule has 1 unspecified atom stereocenters. The molecule has 0 amide bonds. The van der Waals surface area contributed by atoms with E-state index < -0.39 is 0 Å². The lowest BCUT2D eigenvalue weighted by Crippen LogP contribution is -2.28. The maximum Gasteiger partial charge on any atom is 0.124 e.